The van der Waals surface area contributed by atoms with Crippen LogP contribution in [0.4, 0.5) is 11.4 Å². The van der Waals surface area contributed by atoms with Gasteiger partial charge in [-0.05, 0) is 66.9 Å². The molecule has 0 bridgehead atoms. The highest BCUT2D eigenvalue weighted by atomic mass is 16.1. The second kappa shape index (κ2) is 8.39. The number of hydrogen-bond acceptors (Lipinski definition) is 4. The molecule has 33 heavy (non-hydrogen) atoms. The SMILES string of the molecule is Cc1cccc(C(=O)Nc2ccc(C(=O)C3Nc4ccccc4Cn4ccnc43)cc2)c1C. The molecule has 0 aliphatic carbocycles. The van der Waals surface area contributed by atoms with Crippen LogP contribution in [0.2, 0.25) is 0 Å². The Balaban J connectivity index is 1.38. The Labute approximate surface area is 192 Å². The fourth-order valence-corrected chi connectivity index (χ4v) is 4.18. The summed E-state index contributed by atoms with van der Waals surface area (Å²) in [4.78, 5) is 30.6. The highest BCUT2D eigenvalue weighted by Crippen LogP contribution is 2.30. The third-order valence-electron chi connectivity index (χ3n) is 6.20. The zero-order valence-electron chi connectivity index (χ0n) is 18.5. The number of fused-ring (bicyclic) bond motifs is 2. The van der Waals surface area contributed by atoms with E-state index in [1.165, 1.54) is 0 Å². The van der Waals surface area contributed by atoms with E-state index < -0.39 is 6.04 Å². The predicted molar refractivity (Wildman–Crippen MR) is 129 cm³/mol. The van der Waals surface area contributed by atoms with Gasteiger partial charge in [0.25, 0.3) is 5.91 Å². The molecule has 1 aliphatic heterocycles. The number of imidazole rings is 1. The van der Waals surface area contributed by atoms with Crippen LogP contribution in [0.5, 0.6) is 0 Å². The van der Waals surface area contributed by atoms with Crippen LogP contribution < -0.4 is 10.6 Å². The Morgan fingerprint density at radius 3 is 2.61 bits per heavy atom. The van der Waals surface area contributed by atoms with Crippen molar-refractivity contribution in [2.45, 2.75) is 26.4 Å². The minimum atomic E-state index is -0.598. The number of hydrogen-bond donors (Lipinski definition) is 2. The summed E-state index contributed by atoms with van der Waals surface area (Å²) in [5.74, 6) is 0.439. The Morgan fingerprint density at radius 1 is 1.00 bits per heavy atom. The summed E-state index contributed by atoms with van der Waals surface area (Å²) in [7, 11) is 0. The lowest BCUT2D eigenvalue weighted by atomic mass is 10.0. The monoisotopic (exact) mass is 436 g/mol. The molecule has 0 radical (unpaired) electrons. The summed E-state index contributed by atoms with van der Waals surface area (Å²) in [6.07, 6.45) is 3.61. The quantitative estimate of drug-likeness (QED) is 0.434. The topological polar surface area (TPSA) is 76.0 Å². The summed E-state index contributed by atoms with van der Waals surface area (Å²) in [5.41, 5.74) is 5.89. The lowest BCUT2D eigenvalue weighted by Crippen LogP contribution is -2.23. The summed E-state index contributed by atoms with van der Waals surface area (Å²) in [6.45, 7) is 4.58. The average Bonchev–Trinajstić information content (AvgIpc) is 3.21. The zero-order valence-corrected chi connectivity index (χ0v) is 18.5. The van der Waals surface area contributed by atoms with Crippen LogP contribution in [0.1, 0.15) is 49.3 Å². The maximum Gasteiger partial charge on any atom is 0.255 e. The van der Waals surface area contributed by atoms with Crippen molar-refractivity contribution in [3.05, 3.63) is 113 Å². The van der Waals surface area contributed by atoms with Gasteiger partial charge in [-0.3, -0.25) is 9.59 Å². The number of nitrogens with zero attached hydrogens (tertiary/aromatic N) is 2. The van der Waals surface area contributed by atoms with Crippen molar-refractivity contribution in [3.63, 3.8) is 0 Å². The number of amides is 1. The van der Waals surface area contributed by atoms with E-state index in [-0.39, 0.29) is 11.7 Å². The number of Topliss-reactive ketones (excluding diaryl/α,β-unsaturated/α-hetero) is 1. The first kappa shape index (κ1) is 20.7. The van der Waals surface area contributed by atoms with Gasteiger partial charge in [-0.25, -0.2) is 4.98 Å². The van der Waals surface area contributed by atoms with Crippen molar-refractivity contribution < 1.29 is 9.59 Å². The highest BCUT2D eigenvalue weighted by molar-refractivity contribution is 6.06. The van der Waals surface area contributed by atoms with Crippen LogP contribution in [-0.2, 0) is 6.54 Å². The van der Waals surface area contributed by atoms with Crippen LogP contribution in [0, 0.1) is 13.8 Å². The van der Waals surface area contributed by atoms with Gasteiger partial charge in [0.15, 0.2) is 5.78 Å². The molecule has 1 aromatic heterocycles. The van der Waals surface area contributed by atoms with E-state index in [9.17, 15) is 9.59 Å². The van der Waals surface area contributed by atoms with Gasteiger partial charge in [0.2, 0.25) is 0 Å². The van der Waals surface area contributed by atoms with Crippen LogP contribution in [-0.4, -0.2) is 21.2 Å². The number of anilines is 2. The number of nitrogens with one attached hydrogen (secondary N) is 2. The fourth-order valence-electron chi connectivity index (χ4n) is 4.18. The van der Waals surface area contributed by atoms with Crippen molar-refractivity contribution in [2.75, 3.05) is 10.6 Å². The molecule has 1 unspecified atom stereocenters. The van der Waals surface area contributed by atoms with Gasteiger partial charge in [0, 0.05) is 34.9 Å². The van der Waals surface area contributed by atoms with E-state index in [0.29, 0.717) is 29.2 Å². The van der Waals surface area contributed by atoms with Gasteiger partial charge in [-0.2, -0.15) is 0 Å². The molecule has 5 rings (SSSR count). The number of para-hydroxylation sites is 1. The first-order chi connectivity index (χ1) is 16.0. The highest BCUT2D eigenvalue weighted by Gasteiger charge is 2.29. The second-order valence-corrected chi connectivity index (χ2v) is 8.29. The van der Waals surface area contributed by atoms with Crippen molar-refractivity contribution in [1.82, 2.24) is 9.55 Å². The van der Waals surface area contributed by atoms with E-state index in [2.05, 4.69) is 15.6 Å². The largest absolute Gasteiger partial charge is 0.369 e. The number of carbonyl (C=O) groups excluding carboxylic acids is 2. The molecule has 6 heteroatoms. The van der Waals surface area contributed by atoms with Crippen LogP contribution >= 0.6 is 0 Å². The first-order valence-corrected chi connectivity index (χ1v) is 10.9. The number of benzene rings is 3. The summed E-state index contributed by atoms with van der Waals surface area (Å²) < 4.78 is 2.00. The van der Waals surface area contributed by atoms with Crippen LogP contribution in [0.3, 0.4) is 0 Å². The molecular formula is C27H24N4O2. The molecule has 0 fully saturated rings. The first-order valence-electron chi connectivity index (χ1n) is 10.9. The van der Waals surface area contributed by atoms with Crippen LogP contribution in [0.15, 0.2) is 79.1 Å². The molecule has 3 aromatic carbocycles. The molecule has 1 amide bonds. The summed E-state index contributed by atoms with van der Waals surface area (Å²) >= 11 is 0. The number of carbonyl (C=O) groups is 2. The van der Waals surface area contributed by atoms with E-state index >= 15 is 0 Å². The Hall–Kier alpha value is -4.19. The van der Waals surface area contributed by atoms with Gasteiger partial charge in [0.1, 0.15) is 11.9 Å². The molecule has 2 N–H and O–H groups in total. The third kappa shape index (κ3) is 3.91. The molecule has 4 aromatic rings. The molecule has 1 aliphatic rings. The number of aromatic nitrogens is 2. The summed E-state index contributed by atoms with van der Waals surface area (Å²) in [5, 5.41) is 6.30. The van der Waals surface area contributed by atoms with E-state index in [0.717, 1.165) is 22.4 Å². The van der Waals surface area contributed by atoms with Crippen LogP contribution in [0.25, 0.3) is 0 Å². The molecular weight excluding hydrogens is 412 g/mol. The molecule has 6 nitrogen and oxygen atoms in total. The standard InChI is InChI=1S/C27H24N4O2/c1-17-6-5-8-22(18(17)2)27(33)29-21-12-10-19(11-13-21)25(32)24-26-28-14-15-31(26)16-20-7-3-4-9-23(20)30-24/h3-15,24,30H,16H2,1-2H3,(H,29,33). The molecule has 1 atom stereocenters. The second-order valence-electron chi connectivity index (χ2n) is 8.29. The van der Waals surface area contributed by atoms with Crippen molar-refractivity contribution >= 4 is 23.1 Å². The third-order valence-corrected chi connectivity index (χ3v) is 6.20. The van der Waals surface area contributed by atoms with Gasteiger partial charge in [-0.15, -0.1) is 0 Å². The van der Waals surface area contributed by atoms with Gasteiger partial charge in [0.05, 0.1) is 6.54 Å². The van der Waals surface area contributed by atoms with Crippen molar-refractivity contribution in [3.8, 4) is 0 Å². The lowest BCUT2D eigenvalue weighted by molar-refractivity contribution is 0.0965. The fraction of sp³-hybridized carbons (Fsp3) is 0.148. The predicted octanol–water partition coefficient (Wildman–Crippen LogP) is 5.15. The van der Waals surface area contributed by atoms with Crippen molar-refractivity contribution in [2.24, 2.45) is 0 Å². The van der Waals surface area contributed by atoms with Gasteiger partial charge in [-0.1, -0.05) is 30.3 Å². The van der Waals surface area contributed by atoms with E-state index in [4.69, 9.17) is 0 Å². The molecule has 0 saturated heterocycles. The molecule has 164 valence electrons. The smallest absolute Gasteiger partial charge is 0.255 e. The maximum atomic E-state index is 13.5. The Bertz CT molecular complexity index is 1350. The zero-order chi connectivity index (χ0) is 22.9. The van der Waals surface area contributed by atoms with Gasteiger partial charge < -0.3 is 15.2 Å². The normalized spacial score (nSPS) is 14.4. The molecule has 0 saturated carbocycles. The lowest BCUT2D eigenvalue weighted by Gasteiger charge is -2.17. The van der Waals surface area contributed by atoms with Gasteiger partial charge >= 0.3 is 0 Å². The number of ketones is 1. The Morgan fingerprint density at radius 2 is 1.79 bits per heavy atom. The van der Waals surface area contributed by atoms with E-state index in [1.54, 1.807) is 30.5 Å². The minimum absolute atomic E-state index is 0.0773. The minimum Gasteiger partial charge on any atom is -0.369 e. The average molecular weight is 437 g/mol. The number of rotatable bonds is 4. The maximum absolute atomic E-state index is 13.5. The summed E-state index contributed by atoms with van der Waals surface area (Å²) in [6, 6.07) is 20.0. The molecule has 2 heterocycles. The van der Waals surface area contributed by atoms with Crippen molar-refractivity contribution in [1.29, 1.82) is 0 Å². The number of aryl methyl sites for hydroxylation is 1. The van der Waals surface area contributed by atoms with E-state index in [1.807, 2.05) is 67.1 Å². The molecule has 0 spiro atoms. The Kier molecular flexibility index (Phi) is 5.26.